The minimum Gasteiger partial charge on any atom is -0.374 e. The van der Waals surface area contributed by atoms with Crippen LogP contribution in [0, 0.1) is 5.82 Å². The average Bonchev–Trinajstić information content (AvgIpc) is 2.84. The van der Waals surface area contributed by atoms with Gasteiger partial charge in [0.1, 0.15) is 5.82 Å². The zero-order chi connectivity index (χ0) is 14.6. The molecule has 0 radical (unpaired) electrons. The fraction of sp³-hybridized carbons (Fsp3) is 0.625. The molecule has 1 aliphatic heterocycles. The van der Waals surface area contributed by atoms with Gasteiger partial charge in [0.05, 0.1) is 5.60 Å². The van der Waals surface area contributed by atoms with Gasteiger partial charge in [-0.25, -0.2) is 4.39 Å². The highest BCUT2D eigenvalue weighted by Crippen LogP contribution is 2.25. The van der Waals surface area contributed by atoms with Crippen molar-refractivity contribution < 1.29 is 9.13 Å². The number of benzene rings is 1. The van der Waals surface area contributed by atoms with Crippen molar-refractivity contribution in [1.29, 1.82) is 0 Å². The van der Waals surface area contributed by atoms with E-state index in [2.05, 4.69) is 19.2 Å². The molecule has 2 rings (SSSR count). The summed E-state index contributed by atoms with van der Waals surface area (Å²) in [5.74, 6) is -0.201. The Kier molecular flexibility index (Phi) is 4.78. The van der Waals surface area contributed by atoms with Gasteiger partial charge in [-0.3, -0.25) is 0 Å². The van der Waals surface area contributed by atoms with Crippen molar-refractivity contribution in [2.75, 3.05) is 19.7 Å². The summed E-state index contributed by atoms with van der Waals surface area (Å²) in [5, 5.41) is 3.52. The summed E-state index contributed by atoms with van der Waals surface area (Å²) in [7, 11) is 0. The van der Waals surface area contributed by atoms with Crippen molar-refractivity contribution in [3.63, 3.8) is 0 Å². The number of rotatable bonds is 6. The Morgan fingerprint density at radius 2 is 2.30 bits per heavy atom. The molecule has 112 valence electrons. The molecule has 1 saturated heterocycles. The van der Waals surface area contributed by atoms with E-state index < -0.39 is 0 Å². The SMILES string of the molecule is CC(CN)(Cc1cccc(F)c1)NCC1(C)CCCO1. The second-order valence-corrected chi connectivity index (χ2v) is 6.33. The Labute approximate surface area is 120 Å². The maximum atomic E-state index is 13.3. The Hall–Kier alpha value is -0.970. The van der Waals surface area contributed by atoms with Crippen molar-refractivity contribution in [3.05, 3.63) is 35.6 Å². The number of ether oxygens (including phenoxy) is 1. The molecule has 3 nitrogen and oxygen atoms in total. The van der Waals surface area contributed by atoms with Gasteiger partial charge in [0.2, 0.25) is 0 Å². The van der Waals surface area contributed by atoms with E-state index in [9.17, 15) is 4.39 Å². The van der Waals surface area contributed by atoms with Crippen LogP contribution in [0.25, 0.3) is 0 Å². The van der Waals surface area contributed by atoms with Crippen molar-refractivity contribution in [1.82, 2.24) is 5.32 Å². The van der Waals surface area contributed by atoms with Gasteiger partial charge in [-0.05, 0) is 50.8 Å². The third kappa shape index (κ3) is 4.01. The predicted octanol–water partition coefficient (Wildman–Crippen LogP) is 2.24. The van der Waals surface area contributed by atoms with Crippen LogP contribution in [0.2, 0.25) is 0 Å². The number of nitrogens with one attached hydrogen (secondary N) is 1. The van der Waals surface area contributed by atoms with Gasteiger partial charge in [0.25, 0.3) is 0 Å². The van der Waals surface area contributed by atoms with Crippen LogP contribution in [0.4, 0.5) is 4.39 Å². The standard InChI is InChI=1S/C16H25FN2O/c1-15(11-18,10-13-5-3-6-14(17)9-13)19-12-16(2)7-4-8-20-16/h3,5-6,9,19H,4,7-8,10-12,18H2,1-2H3. The van der Waals surface area contributed by atoms with Crippen molar-refractivity contribution in [2.24, 2.45) is 5.73 Å². The van der Waals surface area contributed by atoms with Gasteiger partial charge in [-0.1, -0.05) is 12.1 Å². The molecule has 1 aliphatic rings. The van der Waals surface area contributed by atoms with Gasteiger partial charge in [-0.15, -0.1) is 0 Å². The van der Waals surface area contributed by atoms with Gasteiger partial charge in [-0.2, -0.15) is 0 Å². The largest absolute Gasteiger partial charge is 0.374 e. The fourth-order valence-corrected chi connectivity index (χ4v) is 2.68. The van der Waals surface area contributed by atoms with E-state index in [-0.39, 0.29) is 17.0 Å². The van der Waals surface area contributed by atoms with Crippen LogP contribution in [0.5, 0.6) is 0 Å². The fourth-order valence-electron chi connectivity index (χ4n) is 2.68. The molecule has 1 heterocycles. The first kappa shape index (κ1) is 15.4. The molecule has 1 aromatic carbocycles. The summed E-state index contributed by atoms with van der Waals surface area (Å²) in [4.78, 5) is 0. The van der Waals surface area contributed by atoms with Crippen LogP contribution in [-0.4, -0.2) is 30.8 Å². The lowest BCUT2D eigenvalue weighted by atomic mass is 9.91. The molecule has 2 unspecified atom stereocenters. The van der Waals surface area contributed by atoms with Gasteiger partial charge >= 0.3 is 0 Å². The summed E-state index contributed by atoms with van der Waals surface area (Å²) >= 11 is 0. The minimum atomic E-state index is -0.247. The predicted molar refractivity (Wildman–Crippen MR) is 79.2 cm³/mol. The van der Waals surface area contributed by atoms with Crippen molar-refractivity contribution >= 4 is 0 Å². The number of halogens is 1. The second-order valence-electron chi connectivity index (χ2n) is 6.33. The minimum absolute atomic E-state index is 0.0988. The molecule has 1 fully saturated rings. The molecule has 4 heteroatoms. The first-order chi connectivity index (χ1) is 9.45. The van der Waals surface area contributed by atoms with Crippen LogP contribution in [0.1, 0.15) is 32.3 Å². The van der Waals surface area contributed by atoms with E-state index in [0.717, 1.165) is 31.6 Å². The Bertz CT molecular complexity index is 446. The molecule has 3 N–H and O–H groups in total. The normalized spacial score (nSPS) is 25.6. The topological polar surface area (TPSA) is 47.3 Å². The monoisotopic (exact) mass is 280 g/mol. The maximum absolute atomic E-state index is 13.3. The van der Waals surface area contributed by atoms with Gasteiger partial charge in [0, 0.05) is 25.2 Å². The van der Waals surface area contributed by atoms with E-state index in [1.807, 2.05) is 6.07 Å². The molecule has 0 spiro atoms. The second kappa shape index (κ2) is 6.20. The summed E-state index contributed by atoms with van der Waals surface area (Å²) in [6.45, 7) is 6.32. The average molecular weight is 280 g/mol. The third-order valence-electron chi connectivity index (χ3n) is 4.12. The summed E-state index contributed by atoms with van der Waals surface area (Å²) < 4.78 is 19.1. The molecular weight excluding hydrogens is 255 g/mol. The summed E-state index contributed by atoms with van der Waals surface area (Å²) in [5.41, 5.74) is 6.54. The van der Waals surface area contributed by atoms with Gasteiger partial charge < -0.3 is 15.8 Å². The smallest absolute Gasteiger partial charge is 0.123 e. The summed E-state index contributed by atoms with van der Waals surface area (Å²) in [6.07, 6.45) is 2.89. The van der Waals surface area contributed by atoms with Crippen molar-refractivity contribution in [2.45, 2.75) is 44.2 Å². The van der Waals surface area contributed by atoms with Crippen LogP contribution in [-0.2, 0) is 11.2 Å². The molecule has 0 aliphatic carbocycles. The quantitative estimate of drug-likeness (QED) is 0.840. The molecule has 0 aromatic heterocycles. The molecule has 0 saturated carbocycles. The molecule has 20 heavy (non-hydrogen) atoms. The van der Waals surface area contributed by atoms with Gasteiger partial charge in [0.15, 0.2) is 0 Å². The first-order valence-corrected chi connectivity index (χ1v) is 7.28. The molecule has 0 amide bonds. The van der Waals surface area contributed by atoms with E-state index in [4.69, 9.17) is 10.5 Å². The van der Waals surface area contributed by atoms with Crippen LogP contribution >= 0.6 is 0 Å². The molecular formula is C16H25FN2O. The molecule has 0 bridgehead atoms. The zero-order valence-corrected chi connectivity index (χ0v) is 12.4. The Morgan fingerprint density at radius 3 is 2.90 bits per heavy atom. The first-order valence-electron chi connectivity index (χ1n) is 7.28. The lowest BCUT2D eigenvalue weighted by Crippen LogP contribution is -2.54. The zero-order valence-electron chi connectivity index (χ0n) is 12.4. The molecule has 1 aromatic rings. The Morgan fingerprint density at radius 1 is 1.50 bits per heavy atom. The van der Waals surface area contributed by atoms with Crippen LogP contribution < -0.4 is 11.1 Å². The number of nitrogens with two attached hydrogens (primary N) is 1. The number of hydrogen-bond donors (Lipinski definition) is 2. The van der Waals surface area contributed by atoms with Crippen LogP contribution in [0.15, 0.2) is 24.3 Å². The lowest BCUT2D eigenvalue weighted by Gasteiger charge is -2.34. The van der Waals surface area contributed by atoms with Crippen LogP contribution in [0.3, 0.4) is 0 Å². The van der Waals surface area contributed by atoms with E-state index >= 15 is 0 Å². The molecule has 2 atom stereocenters. The van der Waals surface area contributed by atoms with E-state index in [1.54, 1.807) is 12.1 Å². The maximum Gasteiger partial charge on any atom is 0.123 e. The highest BCUT2D eigenvalue weighted by atomic mass is 19.1. The van der Waals surface area contributed by atoms with E-state index in [0.29, 0.717) is 13.0 Å². The highest BCUT2D eigenvalue weighted by molar-refractivity contribution is 5.19. The van der Waals surface area contributed by atoms with E-state index in [1.165, 1.54) is 6.07 Å². The lowest BCUT2D eigenvalue weighted by molar-refractivity contribution is 0.0151. The van der Waals surface area contributed by atoms with Crippen molar-refractivity contribution in [3.8, 4) is 0 Å². The third-order valence-corrected chi connectivity index (χ3v) is 4.12. The summed E-state index contributed by atoms with van der Waals surface area (Å²) in [6, 6.07) is 6.71. The number of hydrogen-bond acceptors (Lipinski definition) is 3. The highest BCUT2D eigenvalue weighted by Gasteiger charge is 2.32. The Balaban J connectivity index is 1.97.